The van der Waals surface area contributed by atoms with Gasteiger partial charge < -0.3 is 15.4 Å². The lowest BCUT2D eigenvalue weighted by Crippen LogP contribution is -2.21. The molecule has 122 valence electrons. The molecule has 0 aliphatic rings. The van der Waals surface area contributed by atoms with Crippen molar-refractivity contribution in [2.45, 2.75) is 6.61 Å². The first-order valence-electron chi connectivity index (χ1n) is 7.49. The summed E-state index contributed by atoms with van der Waals surface area (Å²) < 4.78 is 5.72. The molecule has 0 aliphatic carbocycles. The summed E-state index contributed by atoms with van der Waals surface area (Å²) in [5.74, 6) is 0.640. The van der Waals surface area contributed by atoms with Gasteiger partial charge in [-0.3, -0.25) is 4.79 Å². The second kappa shape index (κ2) is 8.12. The van der Waals surface area contributed by atoms with Crippen molar-refractivity contribution < 1.29 is 9.53 Å². The number of carbonyl (C=O) groups excluding carboxylic acids is 1. The van der Waals surface area contributed by atoms with Crippen LogP contribution in [-0.4, -0.2) is 17.4 Å². The van der Waals surface area contributed by atoms with Crippen LogP contribution in [0.1, 0.15) is 5.56 Å². The van der Waals surface area contributed by atoms with E-state index in [-0.39, 0.29) is 12.5 Å². The van der Waals surface area contributed by atoms with Gasteiger partial charge in [-0.05, 0) is 29.8 Å². The third kappa shape index (κ3) is 4.82. The minimum atomic E-state index is -0.122. The van der Waals surface area contributed by atoms with Gasteiger partial charge in [-0.2, -0.15) is 0 Å². The summed E-state index contributed by atoms with van der Waals surface area (Å²) in [6.45, 7) is 0.698. The Bertz CT molecular complexity index is 759. The third-order valence-corrected chi connectivity index (χ3v) is 3.95. The summed E-state index contributed by atoms with van der Waals surface area (Å²) in [6, 6.07) is 17.3. The van der Waals surface area contributed by atoms with Crippen molar-refractivity contribution >= 4 is 28.1 Å². The lowest BCUT2D eigenvalue weighted by atomic mass is 10.2. The minimum Gasteiger partial charge on any atom is -0.489 e. The van der Waals surface area contributed by atoms with Crippen molar-refractivity contribution in [1.82, 2.24) is 4.98 Å². The van der Waals surface area contributed by atoms with Gasteiger partial charge in [0, 0.05) is 17.3 Å². The maximum atomic E-state index is 11.9. The van der Waals surface area contributed by atoms with E-state index >= 15 is 0 Å². The van der Waals surface area contributed by atoms with Crippen LogP contribution in [0, 0.1) is 0 Å². The number of rotatable bonds is 7. The molecule has 0 spiro atoms. The molecule has 1 aromatic heterocycles. The second-order valence-electron chi connectivity index (χ2n) is 5.04. The maximum absolute atomic E-state index is 11.9. The van der Waals surface area contributed by atoms with Crippen LogP contribution in [0.3, 0.4) is 0 Å². The Morgan fingerprint density at radius 2 is 1.88 bits per heavy atom. The number of benzene rings is 2. The van der Waals surface area contributed by atoms with Gasteiger partial charge in [0.05, 0.1) is 6.54 Å². The van der Waals surface area contributed by atoms with E-state index in [1.807, 2.05) is 60.0 Å². The first-order valence-corrected chi connectivity index (χ1v) is 8.37. The number of hydrogen-bond acceptors (Lipinski definition) is 5. The molecule has 24 heavy (non-hydrogen) atoms. The highest BCUT2D eigenvalue weighted by atomic mass is 32.1. The number of ether oxygens (including phenoxy) is 1. The molecule has 2 aromatic carbocycles. The molecule has 1 heterocycles. The summed E-state index contributed by atoms with van der Waals surface area (Å²) >= 11 is 1.46. The monoisotopic (exact) mass is 339 g/mol. The molecule has 0 radical (unpaired) electrons. The molecule has 0 bridgehead atoms. The van der Waals surface area contributed by atoms with Gasteiger partial charge in [-0.1, -0.05) is 30.3 Å². The largest absolute Gasteiger partial charge is 0.489 e. The van der Waals surface area contributed by atoms with Crippen molar-refractivity contribution in [3.8, 4) is 5.75 Å². The zero-order chi connectivity index (χ0) is 16.6. The fourth-order valence-electron chi connectivity index (χ4n) is 2.05. The van der Waals surface area contributed by atoms with Crippen LogP contribution in [0.25, 0.3) is 0 Å². The van der Waals surface area contributed by atoms with E-state index in [4.69, 9.17) is 4.74 Å². The van der Waals surface area contributed by atoms with Crippen LogP contribution >= 0.6 is 11.3 Å². The number of carbonyl (C=O) groups is 1. The van der Waals surface area contributed by atoms with Crippen molar-refractivity contribution in [1.29, 1.82) is 0 Å². The highest BCUT2D eigenvalue weighted by molar-refractivity contribution is 7.13. The first kappa shape index (κ1) is 16.0. The Morgan fingerprint density at radius 1 is 1.08 bits per heavy atom. The second-order valence-corrected chi connectivity index (χ2v) is 5.93. The highest BCUT2D eigenvalue weighted by Crippen LogP contribution is 2.17. The standard InChI is InChI=1S/C18H17N3O2S/c22-17(12-20-18-19-10-11-24-18)21-15-6-8-16(9-7-15)23-13-14-4-2-1-3-5-14/h1-11H,12-13H2,(H,19,20)(H,21,22). The molecule has 5 nitrogen and oxygen atoms in total. The fourth-order valence-corrected chi connectivity index (χ4v) is 2.58. The quantitative estimate of drug-likeness (QED) is 0.688. The van der Waals surface area contributed by atoms with Gasteiger partial charge in [0.2, 0.25) is 5.91 Å². The Balaban J connectivity index is 1.46. The zero-order valence-electron chi connectivity index (χ0n) is 12.9. The topological polar surface area (TPSA) is 63.2 Å². The Hall–Kier alpha value is -2.86. The molecule has 0 unspecified atom stereocenters. The number of anilines is 2. The smallest absolute Gasteiger partial charge is 0.243 e. The van der Waals surface area contributed by atoms with Crippen LogP contribution in [0.4, 0.5) is 10.8 Å². The number of nitrogens with one attached hydrogen (secondary N) is 2. The lowest BCUT2D eigenvalue weighted by molar-refractivity contribution is -0.114. The lowest BCUT2D eigenvalue weighted by Gasteiger charge is -2.09. The van der Waals surface area contributed by atoms with Gasteiger partial charge in [0.15, 0.2) is 5.13 Å². The van der Waals surface area contributed by atoms with Crippen LogP contribution in [-0.2, 0) is 11.4 Å². The average molecular weight is 339 g/mol. The van der Waals surface area contributed by atoms with E-state index in [0.717, 1.165) is 22.1 Å². The summed E-state index contributed by atoms with van der Waals surface area (Å²) in [4.78, 5) is 15.9. The van der Waals surface area contributed by atoms with Crippen molar-refractivity contribution in [2.24, 2.45) is 0 Å². The van der Waals surface area contributed by atoms with E-state index in [1.165, 1.54) is 11.3 Å². The average Bonchev–Trinajstić information content (AvgIpc) is 3.14. The van der Waals surface area contributed by atoms with E-state index in [2.05, 4.69) is 15.6 Å². The van der Waals surface area contributed by atoms with Gasteiger partial charge in [-0.25, -0.2) is 4.98 Å². The molecular weight excluding hydrogens is 322 g/mol. The Morgan fingerprint density at radius 3 is 2.58 bits per heavy atom. The number of amides is 1. The van der Waals surface area contributed by atoms with Gasteiger partial charge >= 0.3 is 0 Å². The minimum absolute atomic E-state index is 0.122. The molecule has 2 N–H and O–H groups in total. The van der Waals surface area contributed by atoms with Gasteiger partial charge in [0.1, 0.15) is 12.4 Å². The molecule has 0 saturated heterocycles. The molecule has 0 fully saturated rings. The SMILES string of the molecule is O=C(CNc1nccs1)Nc1ccc(OCc2ccccc2)cc1. The Labute approximate surface area is 144 Å². The van der Waals surface area contributed by atoms with Crippen molar-refractivity contribution in [3.05, 3.63) is 71.7 Å². The number of nitrogens with zero attached hydrogens (tertiary/aromatic N) is 1. The fraction of sp³-hybridized carbons (Fsp3) is 0.111. The summed E-state index contributed by atoms with van der Waals surface area (Å²) in [5, 5.41) is 8.38. The van der Waals surface area contributed by atoms with Crippen LogP contribution in [0.5, 0.6) is 5.75 Å². The van der Waals surface area contributed by atoms with E-state index < -0.39 is 0 Å². The number of aromatic nitrogens is 1. The van der Waals surface area contributed by atoms with Crippen molar-refractivity contribution in [3.63, 3.8) is 0 Å². The van der Waals surface area contributed by atoms with E-state index in [0.29, 0.717) is 6.61 Å². The summed E-state index contributed by atoms with van der Waals surface area (Å²) in [5.41, 5.74) is 1.84. The molecule has 0 atom stereocenters. The van der Waals surface area contributed by atoms with Gasteiger partial charge in [-0.15, -0.1) is 11.3 Å². The number of hydrogen-bond donors (Lipinski definition) is 2. The third-order valence-electron chi connectivity index (χ3n) is 3.22. The molecular formula is C18H17N3O2S. The predicted molar refractivity (Wildman–Crippen MR) is 96.4 cm³/mol. The number of thiazole rings is 1. The van der Waals surface area contributed by atoms with E-state index in [9.17, 15) is 4.79 Å². The highest BCUT2D eigenvalue weighted by Gasteiger charge is 2.04. The normalized spacial score (nSPS) is 10.2. The first-order chi connectivity index (χ1) is 11.8. The summed E-state index contributed by atoms with van der Waals surface area (Å²) in [6.07, 6.45) is 1.69. The molecule has 1 amide bonds. The van der Waals surface area contributed by atoms with Gasteiger partial charge in [0.25, 0.3) is 0 Å². The molecule has 3 rings (SSSR count). The van der Waals surface area contributed by atoms with Crippen LogP contribution < -0.4 is 15.4 Å². The Kier molecular flexibility index (Phi) is 5.42. The zero-order valence-corrected chi connectivity index (χ0v) is 13.8. The molecule has 0 saturated carbocycles. The molecule has 6 heteroatoms. The van der Waals surface area contributed by atoms with E-state index in [1.54, 1.807) is 6.20 Å². The molecule has 0 aliphatic heterocycles. The molecule has 3 aromatic rings. The summed E-state index contributed by atoms with van der Waals surface area (Å²) in [7, 11) is 0. The predicted octanol–water partition coefficient (Wildman–Crippen LogP) is 3.77. The van der Waals surface area contributed by atoms with Crippen LogP contribution in [0.2, 0.25) is 0 Å². The maximum Gasteiger partial charge on any atom is 0.243 e. The van der Waals surface area contributed by atoms with Crippen LogP contribution in [0.15, 0.2) is 66.2 Å². The van der Waals surface area contributed by atoms with Crippen molar-refractivity contribution in [2.75, 3.05) is 17.2 Å².